The minimum absolute atomic E-state index is 0.380. The number of rotatable bonds is 4. The molecule has 2 N–H and O–H groups in total. The Hall–Kier alpha value is -2.14. The van der Waals surface area contributed by atoms with Crippen molar-refractivity contribution < 1.29 is 4.42 Å². The van der Waals surface area contributed by atoms with Crippen LogP contribution < -0.4 is 16.7 Å². The average molecular weight is 246 g/mol. The van der Waals surface area contributed by atoms with E-state index in [1.807, 2.05) is 25.3 Å². The molecule has 5 heteroatoms. The van der Waals surface area contributed by atoms with E-state index in [1.165, 1.54) is 0 Å². The van der Waals surface area contributed by atoms with Crippen LogP contribution in [0.4, 0.5) is 0 Å². The van der Waals surface area contributed by atoms with E-state index >= 15 is 0 Å². The van der Waals surface area contributed by atoms with E-state index in [0.717, 1.165) is 18.5 Å². The summed E-state index contributed by atoms with van der Waals surface area (Å²) in [5.41, 5.74) is 0.779. The summed E-state index contributed by atoms with van der Waals surface area (Å²) in [5.74, 6) is -0.732. The molecule has 0 amide bonds. The predicted octanol–water partition coefficient (Wildman–Crippen LogP) is 1.10. The molecule has 2 aromatic rings. The number of fused-ring (bicyclic) bond motifs is 1. The van der Waals surface area contributed by atoms with Crippen LogP contribution in [-0.4, -0.2) is 18.6 Å². The smallest absolute Gasteiger partial charge is 0.372 e. The minimum Gasteiger partial charge on any atom is -0.372 e. The summed E-state index contributed by atoms with van der Waals surface area (Å²) >= 11 is 0. The zero-order chi connectivity index (χ0) is 13.0. The highest BCUT2D eigenvalue weighted by molar-refractivity contribution is 5.79. The minimum atomic E-state index is -0.732. The van der Waals surface area contributed by atoms with Crippen LogP contribution in [0.15, 0.2) is 38.3 Å². The summed E-state index contributed by atoms with van der Waals surface area (Å²) in [6.45, 7) is 0.902. The van der Waals surface area contributed by atoms with E-state index in [4.69, 9.17) is 0 Å². The molecule has 0 bridgehead atoms. The second-order valence-corrected chi connectivity index (χ2v) is 3.90. The monoisotopic (exact) mass is 246 g/mol. The van der Waals surface area contributed by atoms with Crippen LogP contribution in [0.5, 0.6) is 0 Å². The van der Waals surface area contributed by atoms with E-state index in [1.54, 1.807) is 12.1 Å². The highest BCUT2D eigenvalue weighted by Gasteiger charge is 2.02. The fourth-order valence-electron chi connectivity index (χ4n) is 1.67. The molecule has 1 aromatic heterocycles. The molecule has 0 radical (unpaired) electrons. The fraction of sp³-hybridized carbons (Fsp3) is 0.231. The molecule has 2 rings (SSSR count). The second-order valence-electron chi connectivity index (χ2n) is 3.90. The Kier molecular flexibility index (Phi) is 3.74. The Labute approximate surface area is 103 Å². The number of hydrogen-bond acceptors (Lipinski definition) is 4. The molecule has 0 spiro atoms. The van der Waals surface area contributed by atoms with Gasteiger partial charge in [0.25, 0.3) is 0 Å². The Morgan fingerprint density at radius 1 is 1.39 bits per heavy atom. The summed E-state index contributed by atoms with van der Waals surface area (Å²) in [6.07, 6.45) is 4.86. The van der Waals surface area contributed by atoms with Gasteiger partial charge in [0, 0.05) is 0 Å². The lowest BCUT2D eigenvalue weighted by atomic mass is 10.1. The first-order valence-corrected chi connectivity index (χ1v) is 5.69. The molecule has 0 fully saturated rings. The third kappa shape index (κ3) is 2.75. The predicted molar refractivity (Wildman–Crippen MR) is 70.7 cm³/mol. The van der Waals surface area contributed by atoms with Crippen LogP contribution in [-0.2, 0) is 0 Å². The quantitative estimate of drug-likeness (QED) is 0.792. The first kappa shape index (κ1) is 12.3. The molecule has 18 heavy (non-hydrogen) atoms. The van der Waals surface area contributed by atoms with Crippen molar-refractivity contribution in [3.8, 4) is 0 Å². The van der Waals surface area contributed by atoms with Gasteiger partial charge < -0.3 is 9.73 Å². The highest BCUT2D eigenvalue weighted by atomic mass is 16.4. The first-order chi connectivity index (χ1) is 8.70. The Morgan fingerprint density at radius 3 is 3.00 bits per heavy atom. The lowest BCUT2D eigenvalue weighted by molar-refractivity contribution is 0.460. The van der Waals surface area contributed by atoms with Crippen molar-refractivity contribution in [2.75, 3.05) is 13.6 Å². The zero-order valence-electron chi connectivity index (χ0n) is 10.0. The van der Waals surface area contributed by atoms with Gasteiger partial charge in [-0.15, -0.1) is 0 Å². The molecule has 94 valence electrons. The third-order valence-corrected chi connectivity index (χ3v) is 2.56. The largest absolute Gasteiger partial charge is 0.419 e. The summed E-state index contributed by atoms with van der Waals surface area (Å²) in [6, 6.07) is 5.24. The molecule has 0 aliphatic carbocycles. The standard InChI is InChI=1S/C13H14N2O3/c1-14-7-3-2-4-9-5-6-11-10(8-9)12(16)18-13(17)15-11/h2,4-6,8,14H,3,7H2,1H3,(H,15,17). The van der Waals surface area contributed by atoms with Crippen molar-refractivity contribution in [3.63, 3.8) is 0 Å². The van der Waals surface area contributed by atoms with Gasteiger partial charge in [-0.2, -0.15) is 0 Å². The molecule has 1 heterocycles. The molecule has 0 aliphatic heterocycles. The number of hydrogen-bond donors (Lipinski definition) is 2. The summed E-state index contributed by atoms with van der Waals surface area (Å²) in [7, 11) is 1.89. The molecule has 0 atom stereocenters. The van der Waals surface area contributed by atoms with Gasteiger partial charge in [-0.3, -0.25) is 4.98 Å². The van der Waals surface area contributed by atoms with Crippen LogP contribution >= 0.6 is 0 Å². The fourth-order valence-corrected chi connectivity index (χ4v) is 1.67. The molecule has 1 aromatic carbocycles. The van der Waals surface area contributed by atoms with Crippen molar-refractivity contribution in [3.05, 3.63) is 50.8 Å². The van der Waals surface area contributed by atoms with Gasteiger partial charge in [0.2, 0.25) is 0 Å². The van der Waals surface area contributed by atoms with Crippen molar-refractivity contribution >= 4 is 17.0 Å². The maximum Gasteiger partial charge on any atom is 0.419 e. The number of H-pyrrole nitrogens is 1. The highest BCUT2D eigenvalue weighted by Crippen LogP contribution is 2.10. The van der Waals surface area contributed by atoms with Gasteiger partial charge in [0.05, 0.1) is 10.9 Å². The lowest BCUT2D eigenvalue weighted by Crippen LogP contribution is -2.14. The topological polar surface area (TPSA) is 75.1 Å². The summed E-state index contributed by atoms with van der Waals surface area (Å²) in [4.78, 5) is 25.0. The first-order valence-electron chi connectivity index (χ1n) is 5.69. The molecule has 5 nitrogen and oxygen atoms in total. The van der Waals surface area contributed by atoms with Crippen molar-refractivity contribution in [2.24, 2.45) is 0 Å². The Morgan fingerprint density at radius 2 is 2.22 bits per heavy atom. The van der Waals surface area contributed by atoms with Gasteiger partial charge in [0.15, 0.2) is 0 Å². The molecule has 0 saturated heterocycles. The number of aromatic amines is 1. The van der Waals surface area contributed by atoms with Gasteiger partial charge in [-0.25, -0.2) is 9.59 Å². The third-order valence-electron chi connectivity index (χ3n) is 2.56. The average Bonchev–Trinajstić information content (AvgIpc) is 2.35. The van der Waals surface area contributed by atoms with Crippen LogP contribution in [0.1, 0.15) is 12.0 Å². The SMILES string of the molecule is CNCCC=Cc1ccc2[nH]c(=O)oc(=O)c2c1. The maximum atomic E-state index is 11.5. The van der Waals surface area contributed by atoms with Gasteiger partial charge in [0.1, 0.15) is 0 Å². The van der Waals surface area contributed by atoms with Crippen LogP contribution in [0, 0.1) is 0 Å². The maximum absolute atomic E-state index is 11.5. The normalized spacial score (nSPS) is 11.4. The molecule has 0 unspecified atom stereocenters. The van der Waals surface area contributed by atoms with Gasteiger partial charge in [-0.1, -0.05) is 18.2 Å². The van der Waals surface area contributed by atoms with Crippen molar-refractivity contribution in [2.45, 2.75) is 6.42 Å². The van der Waals surface area contributed by atoms with Gasteiger partial charge in [-0.05, 0) is 37.7 Å². The Bertz CT molecular complexity index is 682. The summed E-state index contributed by atoms with van der Waals surface area (Å²) in [5, 5.41) is 3.42. The van der Waals surface area contributed by atoms with E-state index in [0.29, 0.717) is 10.9 Å². The Balaban J connectivity index is 2.36. The number of benzene rings is 1. The lowest BCUT2D eigenvalue weighted by Gasteiger charge is -1.98. The second kappa shape index (κ2) is 5.46. The van der Waals surface area contributed by atoms with Gasteiger partial charge >= 0.3 is 11.4 Å². The molecule has 0 saturated carbocycles. The molecular weight excluding hydrogens is 232 g/mol. The zero-order valence-corrected chi connectivity index (χ0v) is 10.0. The molecular formula is C13H14N2O3. The van der Waals surface area contributed by atoms with Crippen molar-refractivity contribution in [1.29, 1.82) is 0 Å². The van der Waals surface area contributed by atoms with E-state index in [-0.39, 0.29) is 0 Å². The van der Waals surface area contributed by atoms with Crippen LogP contribution in [0.2, 0.25) is 0 Å². The molecule has 0 aliphatic rings. The van der Waals surface area contributed by atoms with Crippen LogP contribution in [0.25, 0.3) is 17.0 Å². The number of nitrogens with one attached hydrogen (secondary N) is 2. The van der Waals surface area contributed by atoms with Crippen LogP contribution in [0.3, 0.4) is 0 Å². The van der Waals surface area contributed by atoms with E-state index < -0.39 is 11.4 Å². The van der Waals surface area contributed by atoms with Crippen molar-refractivity contribution in [1.82, 2.24) is 10.3 Å². The van der Waals surface area contributed by atoms with E-state index in [9.17, 15) is 9.59 Å². The van der Waals surface area contributed by atoms with E-state index in [2.05, 4.69) is 14.7 Å². The summed E-state index contributed by atoms with van der Waals surface area (Å²) < 4.78 is 4.49. The number of aromatic nitrogens is 1.